The van der Waals surface area contributed by atoms with Crippen molar-refractivity contribution in [3.05, 3.63) is 89.6 Å². The van der Waals surface area contributed by atoms with Gasteiger partial charge >= 0.3 is 0 Å². The Hall–Kier alpha value is -3.30. The number of ether oxygens (including phenoxy) is 1. The molecule has 1 N–H and O–H groups in total. The molecule has 7 nitrogen and oxygen atoms in total. The number of carbonyl (C=O) groups is 1. The normalized spacial score (nSPS) is 14.7. The summed E-state index contributed by atoms with van der Waals surface area (Å²) in [6, 6.07) is 20.9. The third-order valence-corrected chi connectivity index (χ3v) is 8.12. The van der Waals surface area contributed by atoms with Crippen molar-refractivity contribution in [1.29, 1.82) is 0 Å². The summed E-state index contributed by atoms with van der Waals surface area (Å²) in [6.07, 6.45) is 1.73. The van der Waals surface area contributed by atoms with Crippen molar-refractivity contribution in [1.82, 2.24) is 9.29 Å². The molecule has 0 saturated carbocycles. The second-order valence-electron chi connectivity index (χ2n) is 8.07. The van der Waals surface area contributed by atoms with Crippen molar-refractivity contribution < 1.29 is 17.9 Å². The van der Waals surface area contributed by atoms with Crippen molar-refractivity contribution in [3.63, 3.8) is 0 Å². The summed E-state index contributed by atoms with van der Waals surface area (Å²) < 4.78 is 32.2. The monoisotopic (exact) mass is 507 g/mol. The molecule has 2 heterocycles. The zero-order chi connectivity index (χ0) is 24.4. The van der Waals surface area contributed by atoms with Gasteiger partial charge in [-0.25, -0.2) is 8.42 Å². The van der Waals surface area contributed by atoms with E-state index in [2.05, 4.69) is 10.3 Å². The van der Waals surface area contributed by atoms with Crippen LogP contribution in [0.5, 0.6) is 0 Å². The van der Waals surface area contributed by atoms with Crippen LogP contribution in [-0.2, 0) is 14.8 Å². The van der Waals surface area contributed by atoms with Gasteiger partial charge in [-0.15, -0.1) is 0 Å². The van der Waals surface area contributed by atoms with E-state index < -0.39 is 10.0 Å². The fraction of sp³-hybridized carbons (Fsp3) is 0.154. The molecule has 1 fully saturated rings. The highest BCUT2D eigenvalue weighted by molar-refractivity contribution is 7.89. The van der Waals surface area contributed by atoms with Gasteiger partial charge in [-0.2, -0.15) is 4.31 Å². The topological polar surface area (TPSA) is 88.6 Å². The fourth-order valence-electron chi connectivity index (χ4n) is 4.04. The van der Waals surface area contributed by atoms with Crippen molar-refractivity contribution in [2.75, 3.05) is 31.6 Å². The van der Waals surface area contributed by atoms with Gasteiger partial charge in [0.15, 0.2) is 0 Å². The molecule has 1 aliphatic heterocycles. The summed E-state index contributed by atoms with van der Waals surface area (Å²) in [7, 11) is -3.62. The lowest BCUT2D eigenvalue weighted by Gasteiger charge is -2.26. The average molecular weight is 508 g/mol. The smallest absolute Gasteiger partial charge is 0.255 e. The lowest BCUT2D eigenvalue weighted by molar-refractivity contribution is 0.0730. The molecule has 1 amide bonds. The van der Waals surface area contributed by atoms with Crippen molar-refractivity contribution in [3.8, 4) is 11.3 Å². The molecule has 4 aromatic rings. The van der Waals surface area contributed by atoms with E-state index in [4.69, 9.17) is 16.3 Å². The van der Waals surface area contributed by atoms with Crippen LogP contribution in [-0.4, -0.2) is 49.9 Å². The summed E-state index contributed by atoms with van der Waals surface area (Å²) in [5, 5.41) is 5.37. The summed E-state index contributed by atoms with van der Waals surface area (Å²) in [4.78, 5) is 17.6. The Morgan fingerprint density at radius 2 is 1.71 bits per heavy atom. The van der Waals surface area contributed by atoms with Crippen LogP contribution in [0.15, 0.2) is 83.9 Å². The first-order valence-corrected chi connectivity index (χ1v) is 12.9. The predicted octanol–water partition coefficient (Wildman–Crippen LogP) is 4.83. The highest BCUT2D eigenvalue weighted by Gasteiger charge is 2.26. The number of benzene rings is 3. The summed E-state index contributed by atoms with van der Waals surface area (Å²) in [5.41, 5.74) is 2.31. The van der Waals surface area contributed by atoms with Gasteiger partial charge in [0.2, 0.25) is 10.0 Å². The van der Waals surface area contributed by atoms with E-state index >= 15 is 0 Å². The second kappa shape index (κ2) is 9.75. The Bertz CT molecular complexity index is 1500. The molecular formula is C26H22ClN3O4S. The average Bonchev–Trinajstić information content (AvgIpc) is 2.90. The maximum absolute atomic E-state index is 12.9. The first-order chi connectivity index (χ1) is 16.9. The number of halogens is 1. The molecule has 0 radical (unpaired) electrons. The molecule has 1 aromatic heterocycles. The Labute approximate surface area is 208 Å². The van der Waals surface area contributed by atoms with Crippen molar-refractivity contribution in [2.24, 2.45) is 0 Å². The van der Waals surface area contributed by atoms with E-state index in [0.717, 1.165) is 16.5 Å². The van der Waals surface area contributed by atoms with Gasteiger partial charge < -0.3 is 10.1 Å². The van der Waals surface area contributed by atoms with Crippen LogP contribution < -0.4 is 5.32 Å². The van der Waals surface area contributed by atoms with Crippen LogP contribution in [0.25, 0.3) is 22.0 Å². The molecule has 1 aliphatic rings. The minimum atomic E-state index is -3.62. The number of anilines is 1. The number of rotatable bonds is 5. The first kappa shape index (κ1) is 23.4. The number of nitrogens with one attached hydrogen (secondary N) is 1. The van der Waals surface area contributed by atoms with Crippen LogP contribution >= 0.6 is 11.6 Å². The second-order valence-corrected chi connectivity index (χ2v) is 10.4. The quantitative estimate of drug-likeness (QED) is 0.418. The van der Waals surface area contributed by atoms with Gasteiger partial charge in [0.05, 0.1) is 28.8 Å². The zero-order valence-corrected chi connectivity index (χ0v) is 20.2. The Kier molecular flexibility index (Phi) is 6.53. The molecule has 9 heteroatoms. The number of aromatic nitrogens is 1. The number of morpholine rings is 1. The van der Waals surface area contributed by atoms with E-state index in [1.807, 2.05) is 30.3 Å². The van der Waals surface area contributed by atoms with E-state index in [1.165, 1.54) is 28.6 Å². The van der Waals surface area contributed by atoms with E-state index in [0.29, 0.717) is 48.1 Å². The molecule has 3 aromatic carbocycles. The van der Waals surface area contributed by atoms with Crippen LogP contribution in [0.3, 0.4) is 0 Å². The van der Waals surface area contributed by atoms with E-state index in [1.54, 1.807) is 24.4 Å². The maximum atomic E-state index is 12.9. The summed E-state index contributed by atoms with van der Waals surface area (Å²) in [6.45, 7) is 1.37. The fourth-order valence-corrected chi connectivity index (χ4v) is 5.65. The third kappa shape index (κ3) is 4.78. The Balaban J connectivity index is 1.38. The number of hydrogen-bond acceptors (Lipinski definition) is 5. The Morgan fingerprint density at radius 3 is 2.49 bits per heavy atom. The number of sulfonamides is 1. The number of hydrogen-bond donors (Lipinski definition) is 1. The molecule has 5 rings (SSSR count). The molecule has 178 valence electrons. The Morgan fingerprint density at radius 1 is 0.971 bits per heavy atom. The van der Waals surface area contributed by atoms with E-state index in [-0.39, 0.29) is 10.8 Å². The first-order valence-electron chi connectivity index (χ1n) is 11.1. The van der Waals surface area contributed by atoms with Crippen LogP contribution in [0.1, 0.15) is 10.4 Å². The number of nitrogens with zero attached hydrogens (tertiary/aromatic N) is 2. The number of amides is 1. The number of fused-ring (bicyclic) bond motifs is 1. The zero-order valence-electron chi connectivity index (χ0n) is 18.6. The highest BCUT2D eigenvalue weighted by atomic mass is 35.5. The SMILES string of the molecule is O=C(Nc1ccc(Cl)c(-c2nccc3ccccc23)c1)c1ccc(S(=O)(=O)N2CCOCC2)cc1. The van der Waals surface area contributed by atoms with Crippen LogP contribution in [0.2, 0.25) is 5.02 Å². The van der Waals surface area contributed by atoms with Crippen molar-refractivity contribution in [2.45, 2.75) is 4.90 Å². The van der Waals surface area contributed by atoms with Crippen LogP contribution in [0.4, 0.5) is 5.69 Å². The minimum absolute atomic E-state index is 0.145. The van der Waals surface area contributed by atoms with Gasteiger partial charge in [0.1, 0.15) is 0 Å². The van der Waals surface area contributed by atoms with Gasteiger partial charge in [0, 0.05) is 41.5 Å². The van der Waals surface area contributed by atoms with Gasteiger partial charge in [-0.1, -0.05) is 35.9 Å². The van der Waals surface area contributed by atoms with Gasteiger partial charge in [-0.3, -0.25) is 9.78 Å². The van der Waals surface area contributed by atoms with Crippen LogP contribution in [0, 0.1) is 0 Å². The summed E-state index contributed by atoms with van der Waals surface area (Å²) in [5.74, 6) is -0.362. The third-order valence-electron chi connectivity index (χ3n) is 5.88. The molecule has 35 heavy (non-hydrogen) atoms. The highest BCUT2D eigenvalue weighted by Crippen LogP contribution is 2.34. The molecular weight excluding hydrogens is 486 g/mol. The molecule has 1 saturated heterocycles. The molecule has 0 unspecified atom stereocenters. The number of carbonyl (C=O) groups excluding carboxylic acids is 1. The molecule has 0 bridgehead atoms. The van der Waals surface area contributed by atoms with Gasteiger partial charge in [0.25, 0.3) is 5.91 Å². The standard InChI is InChI=1S/C26H22ClN3O4S/c27-24-10-7-20(17-23(24)25-22-4-2-1-3-18(22)11-12-28-25)29-26(31)19-5-8-21(9-6-19)35(32,33)30-13-15-34-16-14-30/h1-12,17H,13-16H2,(H,29,31). The maximum Gasteiger partial charge on any atom is 0.255 e. The molecule has 0 spiro atoms. The largest absolute Gasteiger partial charge is 0.379 e. The predicted molar refractivity (Wildman–Crippen MR) is 136 cm³/mol. The van der Waals surface area contributed by atoms with Gasteiger partial charge in [-0.05, 0) is 53.9 Å². The summed E-state index contributed by atoms with van der Waals surface area (Å²) >= 11 is 6.49. The minimum Gasteiger partial charge on any atom is -0.379 e. The number of pyridine rings is 1. The molecule has 0 atom stereocenters. The lowest BCUT2D eigenvalue weighted by atomic mass is 10.0. The van der Waals surface area contributed by atoms with E-state index in [9.17, 15) is 13.2 Å². The molecule has 0 aliphatic carbocycles. The lowest BCUT2D eigenvalue weighted by Crippen LogP contribution is -2.40. The van der Waals surface area contributed by atoms with Crippen molar-refractivity contribution >= 4 is 44.0 Å².